The highest BCUT2D eigenvalue weighted by Crippen LogP contribution is 2.24. The van der Waals surface area contributed by atoms with Crippen LogP contribution < -0.4 is 10.1 Å². The molecule has 0 bridgehead atoms. The molecule has 18 heavy (non-hydrogen) atoms. The molecule has 0 amide bonds. The summed E-state index contributed by atoms with van der Waals surface area (Å²) in [7, 11) is 1.71. The van der Waals surface area contributed by atoms with Gasteiger partial charge in [-0.3, -0.25) is 0 Å². The van der Waals surface area contributed by atoms with Crippen molar-refractivity contribution in [3.63, 3.8) is 0 Å². The summed E-state index contributed by atoms with van der Waals surface area (Å²) in [5.74, 6) is 1.47. The number of ether oxygens (including phenoxy) is 1. The molecule has 0 aromatic heterocycles. The Hall–Kier alpha value is -1.02. The second kappa shape index (κ2) is 8.15. The van der Waals surface area contributed by atoms with Gasteiger partial charge in [0, 0.05) is 6.04 Å². The number of nitrogens with one attached hydrogen (secondary N) is 1. The van der Waals surface area contributed by atoms with Crippen LogP contribution in [0.2, 0.25) is 0 Å². The van der Waals surface area contributed by atoms with E-state index in [4.69, 9.17) is 4.74 Å². The summed E-state index contributed by atoms with van der Waals surface area (Å²) in [6.45, 7) is 7.88. The van der Waals surface area contributed by atoms with Gasteiger partial charge in [0.05, 0.1) is 7.11 Å². The third kappa shape index (κ3) is 4.34. The van der Waals surface area contributed by atoms with Crippen LogP contribution in [-0.2, 0) is 0 Å². The lowest BCUT2D eigenvalue weighted by Crippen LogP contribution is -2.34. The molecule has 0 heterocycles. The van der Waals surface area contributed by atoms with Crippen molar-refractivity contribution >= 4 is 0 Å². The zero-order valence-electron chi connectivity index (χ0n) is 12.2. The summed E-state index contributed by atoms with van der Waals surface area (Å²) in [6.07, 6.45) is 3.64. The Balaban J connectivity index is 2.70. The summed E-state index contributed by atoms with van der Waals surface area (Å²) < 4.78 is 5.21. The molecular formula is C16H27NO. The maximum atomic E-state index is 5.21. The van der Waals surface area contributed by atoms with E-state index < -0.39 is 0 Å². The van der Waals surface area contributed by atoms with Gasteiger partial charge in [0.15, 0.2) is 0 Å². The van der Waals surface area contributed by atoms with E-state index in [9.17, 15) is 0 Å². The minimum atomic E-state index is 0.544. The van der Waals surface area contributed by atoms with Gasteiger partial charge >= 0.3 is 0 Å². The molecule has 0 saturated heterocycles. The first-order valence-electron chi connectivity index (χ1n) is 7.10. The molecule has 0 saturated carbocycles. The first-order chi connectivity index (χ1) is 8.72. The third-order valence-electron chi connectivity index (χ3n) is 3.50. The topological polar surface area (TPSA) is 21.3 Å². The molecule has 1 aromatic carbocycles. The smallest absolute Gasteiger partial charge is 0.118 e. The molecule has 1 aromatic rings. The molecule has 2 unspecified atom stereocenters. The van der Waals surface area contributed by atoms with Gasteiger partial charge in [0.2, 0.25) is 0 Å². The van der Waals surface area contributed by atoms with Gasteiger partial charge in [-0.25, -0.2) is 0 Å². The maximum Gasteiger partial charge on any atom is 0.118 e. The zero-order valence-corrected chi connectivity index (χ0v) is 12.2. The fourth-order valence-corrected chi connectivity index (χ4v) is 2.31. The van der Waals surface area contributed by atoms with Gasteiger partial charge < -0.3 is 10.1 Å². The lowest BCUT2D eigenvalue weighted by Gasteiger charge is -2.25. The molecule has 0 radical (unpaired) electrons. The van der Waals surface area contributed by atoms with Crippen LogP contribution in [0.15, 0.2) is 24.3 Å². The number of hydrogen-bond donors (Lipinski definition) is 1. The van der Waals surface area contributed by atoms with Crippen molar-refractivity contribution in [3.05, 3.63) is 29.8 Å². The van der Waals surface area contributed by atoms with Gasteiger partial charge in [-0.2, -0.15) is 0 Å². The van der Waals surface area contributed by atoms with Crippen molar-refractivity contribution in [3.8, 4) is 5.75 Å². The summed E-state index contributed by atoms with van der Waals surface area (Å²) >= 11 is 0. The molecule has 2 heteroatoms. The lowest BCUT2D eigenvalue weighted by molar-refractivity contribution is 0.411. The second-order valence-corrected chi connectivity index (χ2v) is 4.91. The van der Waals surface area contributed by atoms with Crippen LogP contribution in [-0.4, -0.2) is 19.7 Å². The van der Waals surface area contributed by atoms with Crippen LogP contribution in [0.25, 0.3) is 0 Å². The van der Waals surface area contributed by atoms with Gasteiger partial charge in [-0.05, 0) is 43.0 Å². The van der Waals surface area contributed by atoms with E-state index in [1.807, 2.05) is 0 Å². The molecule has 0 fully saturated rings. The minimum Gasteiger partial charge on any atom is -0.497 e. The average Bonchev–Trinajstić information content (AvgIpc) is 2.43. The standard InChI is InChI=1S/C16H27NO/c1-5-7-16(17-12-6-2)13(3)14-8-10-15(18-4)11-9-14/h8-11,13,16-17H,5-7,12H2,1-4H3. The quantitative estimate of drug-likeness (QED) is 0.753. The van der Waals surface area contributed by atoms with Crippen LogP contribution in [0.4, 0.5) is 0 Å². The van der Waals surface area contributed by atoms with Crippen molar-refractivity contribution in [2.75, 3.05) is 13.7 Å². The Bertz CT molecular complexity index is 320. The van der Waals surface area contributed by atoms with Crippen molar-refractivity contribution in [1.29, 1.82) is 0 Å². The highest BCUT2D eigenvalue weighted by Gasteiger charge is 2.17. The average molecular weight is 249 g/mol. The van der Waals surface area contributed by atoms with Crippen molar-refractivity contribution in [2.24, 2.45) is 0 Å². The van der Waals surface area contributed by atoms with Crippen molar-refractivity contribution < 1.29 is 4.74 Å². The summed E-state index contributed by atoms with van der Waals surface area (Å²) in [5.41, 5.74) is 1.39. The molecule has 0 spiro atoms. The SMILES string of the molecule is CCCNC(CCC)C(C)c1ccc(OC)cc1. The zero-order chi connectivity index (χ0) is 13.4. The van der Waals surface area contributed by atoms with Crippen LogP contribution in [0.5, 0.6) is 5.75 Å². The largest absolute Gasteiger partial charge is 0.497 e. The van der Waals surface area contributed by atoms with E-state index in [1.165, 1.54) is 24.8 Å². The fraction of sp³-hybridized carbons (Fsp3) is 0.625. The first-order valence-corrected chi connectivity index (χ1v) is 7.10. The molecule has 0 aliphatic heterocycles. The highest BCUT2D eigenvalue weighted by atomic mass is 16.5. The van der Waals surface area contributed by atoms with Crippen LogP contribution in [0.3, 0.4) is 0 Å². The minimum absolute atomic E-state index is 0.544. The maximum absolute atomic E-state index is 5.21. The molecule has 1 N–H and O–H groups in total. The molecule has 102 valence electrons. The van der Waals surface area contributed by atoms with E-state index in [2.05, 4.69) is 50.4 Å². The van der Waals surface area contributed by atoms with E-state index in [1.54, 1.807) is 7.11 Å². The van der Waals surface area contributed by atoms with E-state index in [0.29, 0.717) is 12.0 Å². The Labute approximate surface area is 112 Å². The van der Waals surface area contributed by atoms with Crippen LogP contribution in [0, 0.1) is 0 Å². The molecule has 0 aliphatic rings. The number of rotatable bonds is 8. The Morgan fingerprint density at radius 2 is 1.78 bits per heavy atom. The molecule has 2 atom stereocenters. The van der Waals surface area contributed by atoms with Crippen LogP contribution >= 0.6 is 0 Å². The Morgan fingerprint density at radius 1 is 1.11 bits per heavy atom. The second-order valence-electron chi connectivity index (χ2n) is 4.91. The first kappa shape index (κ1) is 15.0. The van der Waals surface area contributed by atoms with Crippen molar-refractivity contribution in [1.82, 2.24) is 5.32 Å². The monoisotopic (exact) mass is 249 g/mol. The van der Waals surface area contributed by atoms with Gasteiger partial charge in [-0.15, -0.1) is 0 Å². The van der Waals surface area contributed by atoms with Crippen molar-refractivity contribution in [2.45, 2.75) is 52.0 Å². The van der Waals surface area contributed by atoms with E-state index in [0.717, 1.165) is 12.3 Å². The number of benzene rings is 1. The summed E-state index contributed by atoms with van der Waals surface area (Å²) in [4.78, 5) is 0. The van der Waals surface area contributed by atoms with Gasteiger partial charge in [-0.1, -0.05) is 39.3 Å². The fourth-order valence-electron chi connectivity index (χ4n) is 2.31. The highest BCUT2D eigenvalue weighted by molar-refractivity contribution is 5.29. The van der Waals surface area contributed by atoms with Gasteiger partial charge in [0.1, 0.15) is 5.75 Å². The predicted molar refractivity (Wildman–Crippen MR) is 78.4 cm³/mol. The molecule has 0 aliphatic carbocycles. The number of methoxy groups -OCH3 is 1. The Kier molecular flexibility index (Phi) is 6.81. The molecular weight excluding hydrogens is 222 g/mol. The van der Waals surface area contributed by atoms with E-state index in [-0.39, 0.29) is 0 Å². The summed E-state index contributed by atoms with van der Waals surface area (Å²) in [6, 6.07) is 9.03. The normalized spacial score (nSPS) is 14.2. The van der Waals surface area contributed by atoms with Gasteiger partial charge in [0.25, 0.3) is 0 Å². The van der Waals surface area contributed by atoms with Crippen LogP contribution in [0.1, 0.15) is 51.5 Å². The summed E-state index contributed by atoms with van der Waals surface area (Å²) in [5, 5.41) is 3.67. The lowest BCUT2D eigenvalue weighted by atomic mass is 9.90. The number of hydrogen-bond acceptors (Lipinski definition) is 2. The molecule has 1 rings (SSSR count). The van der Waals surface area contributed by atoms with E-state index >= 15 is 0 Å². The predicted octanol–water partition coefficient (Wildman–Crippen LogP) is 3.97. The Morgan fingerprint density at radius 3 is 2.28 bits per heavy atom. The third-order valence-corrected chi connectivity index (χ3v) is 3.50. The molecule has 2 nitrogen and oxygen atoms in total.